The molecular weight excluding hydrogens is 426 g/mol. The average molecular weight is 462 g/mol. The van der Waals surface area contributed by atoms with Crippen LogP contribution in [0.3, 0.4) is 0 Å². The third kappa shape index (κ3) is 5.50. The van der Waals surface area contributed by atoms with E-state index in [-0.39, 0.29) is 5.91 Å². The highest BCUT2D eigenvalue weighted by Gasteiger charge is 2.24. The minimum absolute atomic E-state index is 0.00305. The number of imidazole rings is 1. The molecule has 2 fully saturated rings. The van der Waals surface area contributed by atoms with Gasteiger partial charge in [-0.2, -0.15) is 0 Å². The van der Waals surface area contributed by atoms with Crippen LogP contribution >= 0.6 is 0 Å². The number of amides is 1. The Balaban J connectivity index is 1.21. The van der Waals surface area contributed by atoms with Crippen molar-refractivity contribution in [2.75, 3.05) is 17.2 Å². The lowest BCUT2D eigenvalue weighted by Crippen LogP contribution is -2.35. The van der Waals surface area contributed by atoms with Crippen LogP contribution in [0.4, 0.5) is 11.5 Å². The van der Waals surface area contributed by atoms with Gasteiger partial charge in [0.1, 0.15) is 5.82 Å². The number of anilines is 2. The maximum atomic E-state index is 12.4. The van der Waals surface area contributed by atoms with Gasteiger partial charge in [-0.3, -0.25) is 4.79 Å². The summed E-state index contributed by atoms with van der Waals surface area (Å²) in [6, 6.07) is 12.6. The molecule has 8 nitrogen and oxygen atoms in total. The smallest absolute Gasteiger partial charge is 0.251 e. The minimum Gasteiger partial charge on any atom is -0.379 e. The molecule has 1 amide bonds. The highest BCUT2D eigenvalue weighted by atomic mass is 16.1. The van der Waals surface area contributed by atoms with Crippen molar-refractivity contribution in [3.63, 3.8) is 0 Å². The minimum atomic E-state index is 0.00305. The summed E-state index contributed by atoms with van der Waals surface area (Å²) in [7, 11) is 0. The number of fused-ring (bicyclic) bond motifs is 1. The molecule has 3 aromatic rings. The van der Waals surface area contributed by atoms with Crippen LogP contribution in [0.1, 0.15) is 61.7 Å². The predicted molar refractivity (Wildman–Crippen MR) is 135 cm³/mol. The Labute approximate surface area is 200 Å². The summed E-state index contributed by atoms with van der Waals surface area (Å²) in [6.07, 6.45) is 12.4. The van der Waals surface area contributed by atoms with E-state index in [1.807, 2.05) is 41.0 Å². The molecule has 8 heteroatoms. The number of benzene rings is 1. The molecule has 2 aliphatic rings. The van der Waals surface area contributed by atoms with Gasteiger partial charge in [-0.1, -0.05) is 24.6 Å². The van der Waals surface area contributed by atoms with Gasteiger partial charge in [-0.05, 0) is 63.0 Å². The van der Waals surface area contributed by atoms with Crippen molar-refractivity contribution in [3.8, 4) is 0 Å². The molecule has 34 heavy (non-hydrogen) atoms. The van der Waals surface area contributed by atoms with Crippen LogP contribution in [-0.2, 0) is 0 Å². The molecule has 0 saturated heterocycles. The molecule has 2 atom stereocenters. The number of hydrogen-bond donors (Lipinski definition) is 4. The second-order valence-corrected chi connectivity index (χ2v) is 9.84. The molecule has 2 heterocycles. The standard InChI is InChI=1S/C26H35N7O/c27-20-9-11-21(12-10-20)31-24-16-23(25-28-13-14-33(25)32-24)30-22-8-4-5-18(15-22)17-29-26(34)19-6-2-1-3-7-19/h1-3,6-7,13-14,16,18,20-22,30H,4-5,8-12,15,17,27H2,(H,29,34)(H,31,32). The second kappa shape index (κ2) is 10.4. The van der Waals surface area contributed by atoms with Crippen LogP contribution in [0.15, 0.2) is 48.8 Å². The quantitative estimate of drug-likeness (QED) is 0.426. The van der Waals surface area contributed by atoms with E-state index in [2.05, 4.69) is 27.0 Å². The van der Waals surface area contributed by atoms with E-state index in [9.17, 15) is 4.79 Å². The van der Waals surface area contributed by atoms with E-state index in [4.69, 9.17) is 10.8 Å². The van der Waals surface area contributed by atoms with Gasteiger partial charge in [0.2, 0.25) is 0 Å². The van der Waals surface area contributed by atoms with Crippen molar-refractivity contribution in [1.29, 1.82) is 0 Å². The van der Waals surface area contributed by atoms with E-state index >= 15 is 0 Å². The van der Waals surface area contributed by atoms with Crippen LogP contribution in [0, 0.1) is 5.92 Å². The summed E-state index contributed by atoms with van der Waals surface area (Å²) in [5.74, 6) is 1.33. The Hall–Kier alpha value is -3.13. The summed E-state index contributed by atoms with van der Waals surface area (Å²) in [4.78, 5) is 17.0. The molecule has 2 saturated carbocycles. The lowest BCUT2D eigenvalue weighted by Gasteiger charge is -2.31. The Morgan fingerprint density at radius 3 is 2.68 bits per heavy atom. The molecule has 0 aliphatic heterocycles. The zero-order chi connectivity index (χ0) is 23.3. The van der Waals surface area contributed by atoms with Gasteiger partial charge in [-0.15, -0.1) is 5.10 Å². The summed E-state index contributed by atoms with van der Waals surface area (Å²) < 4.78 is 1.85. The summed E-state index contributed by atoms with van der Waals surface area (Å²) in [5, 5.41) is 15.2. The molecule has 0 radical (unpaired) electrons. The lowest BCUT2D eigenvalue weighted by molar-refractivity contribution is 0.0943. The van der Waals surface area contributed by atoms with Crippen LogP contribution in [0.5, 0.6) is 0 Å². The van der Waals surface area contributed by atoms with Crippen molar-refractivity contribution in [2.24, 2.45) is 11.7 Å². The molecule has 5 N–H and O–H groups in total. The number of nitrogens with one attached hydrogen (secondary N) is 3. The Morgan fingerprint density at radius 2 is 1.85 bits per heavy atom. The van der Waals surface area contributed by atoms with Crippen molar-refractivity contribution in [3.05, 3.63) is 54.4 Å². The number of carbonyl (C=O) groups is 1. The van der Waals surface area contributed by atoms with Gasteiger partial charge >= 0.3 is 0 Å². The summed E-state index contributed by atoms with van der Waals surface area (Å²) in [6.45, 7) is 0.706. The van der Waals surface area contributed by atoms with Crippen LogP contribution in [0.2, 0.25) is 0 Å². The molecule has 0 bridgehead atoms. The first-order chi connectivity index (χ1) is 16.6. The molecule has 1 aromatic carbocycles. The SMILES string of the molecule is NC1CCC(Nc2cc(NC3CCCC(CNC(=O)c4ccccc4)C3)c3nccn3n2)CC1. The summed E-state index contributed by atoms with van der Waals surface area (Å²) >= 11 is 0. The predicted octanol–water partition coefficient (Wildman–Crippen LogP) is 3.81. The number of hydrogen-bond acceptors (Lipinski definition) is 6. The molecule has 2 aromatic heterocycles. The van der Waals surface area contributed by atoms with Gasteiger partial charge < -0.3 is 21.7 Å². The fourth-order valence-electron chi connectivity index (χ4n) is 5.32. The van der Waals surface area contributed by atoms with Gasteiger partial charge in [0, 0.05) is 48.7 Å². The largest absolute Gasteiger partial charge is 0.379 e. The fourth-order valence-corrected chi connectivity index (χ4v) is 5.32. The van der Waals surface area contributed by atoms with Crippen molar-refractivity contribution in [2.45, 2.75) is 69.5 Å². The molecule has 5 rings (SSSR count). The normalized spacial score (nSPS) is 25.1. The number of aromatic nitrogens is 3. The van der Waals surface area contributed by atoms with E-state index in [0.29, 0.717) is 36.2 Å². The maximum absolute atomic E-state index is 12.4. The molecule has 180 valence electrons. The van der Waals surface area contributed by atoms with Gasteiger partial charge in [-0.25, -0.2) is 9.50 Å². The maximum Gasteiger partial charge on any atom is 0.251 e. The van der Waals surface area contributed by atoms with E-state index < -0.39 is 0 Å². The average Bonchev–Trinajstić information content (AvgIpc) is 3.34. The fraction of sp³-hybridized carbons (Fsp3) is 0.500. The first-order valence-electron chi connectivity index (χ1n) is 12.6. The first kappa shape index (κ1) is 22.7. The Kier molecular flexibility index (Phi) is 6.94. The van der Waals surface area contributed by atoms with Crippen LogP contribution < -0.4 is 21.7 Å². The number of nitrogens with zero attached hydrogens (tertiary/aromatic N) is 3. The second-order valence-electron chi connectivity index (χ2n) is 9.84. The lowest BCUT2D eigenvalue weighted by atomic mass is 9.85. The van der Waals surface area contributed by atoms with Crippen molar-refractivity contribution < 1.29 is 4.79 Å². The van der Waals surface area contributed by atoms with Gasteiger partial charge in [0.25, 0.3) is 5.91 Å². The number of rotatable bonds is 7. The van der Waals surface area contributed by atoms with E-state index in [1.165, 1.54) is 0 Å². The zero-order valence-corrected chi connectivity index (χ0v) is 19.6. The zero-order valence-electron chi connectivity index (χ0n) is 19.6. The van der Waals surface area contributed by atoms with E-state index in [0.717, 1.165) is 68.5 Å². The summed E-state index contributed by atoms with van der Waals surface area (Å²) in [5.41, 5.74) is 8.63. The highest BCUT2D eigenvalue weighted by Crippen LogP contribution is 2.29. The van der Waals surface area contributed by atoms with Crippen molar-refractivity contribution >= 4 is 23.1 Å². The molecule has 0 spiro atoms. The van der Waals surface area contributed by atoms with Gasteiger partial charge in [0.05, 0.1) is 5.69 Å². The third-order valence-electron chi connectivity index (χ3n) is 7.21. The molecular formula is C26H35N7O. The number of carbonyl (C=O) groups excluding carboxylic acids is 1. The topological polar surface area (TPSA) is 109 Å². The van der Waals surface area contributed by atoms with Crippen LogP contribution in [0.25, 0.3) is 5.65 Å². The highest BCUT2D eigenvalue weighted by molar-refractivity contribution is 5.94. The first-order valence-corrected chi connectivity index (χ1v) is 12.6. The third-order valence-corrected chi connectivity index (χ3v) is 7.21. The van der Waals surface area contributed by atoms with E-state index in [1.54, 1.807) is 6.20 Å². The van der Waals surface area contributed by atoms with Crippen molar-refractivity contribution in [1.82, 2.24) is 19.9 Å². The Bertz CT molecular complexity index is 1090. The monoisotopic (exact) mass is 461 g/mol. The number of nitrogens with two attached hydrogens (primary N) is 1. The van der Waals surface area contributed by atoms with Gasteiger partial charge in [0.15, 0.2) is 5.65 Å². The molecule has 2 aliphatic carbocycles. The molecule has 2 unspecified atom stereocenters. The van der Waals surface area contributed by atoms with Crippen LogP contribution in [-0.4, -0.2) is 45.2 Å². The Morgan fingerprint density at radius 1 is 1.03 bits per heavy atom.